The number of rotatable bonds is 6. The fourth-order valence-electron chi connectivity index (χ4n) is 2.86. The molecule has 114 valence electrons. The van der Waals surface area contributed by atoms with Gasteiger partial charge in [-0.15, -0.1) is 0 Å². The van der Waals surface area contributed by atoms with Crippen molar-refractivity contribution in [1.82, 2.24) is 4.57 Å². The number of hydrogen-bond donors (Lipinski definition) is 2. The van der Waals surface area contributed by atoms with Gasteiger partial charge in [0.1, 0.15) is 0 Å². The zero-order chi connectivity index (χ0) is 15.6. The van der Waals surface area contributed by atoms with E-state index in [0.717, 1.165) is 34.9 Å². The van der Waals surface area contributed by atoms with Crippen molar-refractivity contribution >= 4 is 16.9 Å². The van der Waals surface area contributed by atoms with Crippen molar-refractivity contribution in [3.05, 3.63) is 35.0 Å². The highest BCUT2D eigenvalue weighted by atomic mass is 16.4. The number of nitrogens with zero attached hydrogens (tertiary/aromatic N) is 1. The first kappa shape index (κ1) is 15.6. The van der Waals surface area contributed by atoms with Gasteiger partial charge in [-0.2, -0.15) is 0 Å². The molecule has 0 unspecified atom stereocenters. The van der Waals surface area contributed by atoms with Crippen molar-refractivity contribution < 1.29 is 15.0 Å². The number of aliphatic hydroxyl groups excluding tert-OH is 1. The Hall–Kier alpha value is -1.81. The summed E-state index contributed by atoms with van der Waals surface area (Å²) in [6, 6.07) is 3.53. The topological polar surface area (TPSA) is 62.5 Å². The fourth-order valence-corrected chi connectivity index (χ4v) is 2.86. The summed E-state index contributed by atoms with van der Waals surface area (Å²) in [5, 5.41) is 19.6. The predicted molar refractivity (Wildman–Crippen MR) is 84.1 cm³/mol. The van der Waals surface area contributed by atoms with Crippen LogP contribution in [0.15, 0.2) is 18.3 Å². The van der Waals surface area contributed by atoms with Crippen LogP contribution in [0, 0.1) is 0 Å². The molecule has 21 heavy (non-hydrogen) atoms. The molecule has 0 saturated heterocycles. The molecule has 0 bridgehead atoms. The first-order valence-corrected chi connectivity index (χ1v) is 7.49. The van der Waals surface area contributed by atoms with Crippen molar-refractivity contribution in [3.63, 3.8) is 0 Å². The third-order valence-corrected chi connectivity index (χ3v) is 3.81. The Labute approximate surface area is 125 Å². The summed E-state index contributed by atoms with van der Waals surface area (Å²) in [5.74, 6) is -0.662. The second-order valence-electron chi connectivity index (χ2n) is 5.74. The number of aromatic carboxylic acids is 1. The average Bonchev–Trinajstić information content (AvgIpc) is 2.77. The van der Waals surface area contributed by atoms with Crippen LogP contribution in [0.25, 0.3) is 10.9 Å². The van der Waals surface area contributed by atoms with Gasteiger partial charge in [-0.05, 0) is 35.6 Å². The van der Waals surface area contributed by atoms with Crippen LogP contribution >= 0.6 is 0 Å². The number of aryl methyl sites for hydroxylation is 1. The van der Waals surface area contributed by atoms with Crippen LogP contribution in [0.1, 0.15) is 54.6 Å². The Balaban J connectivity index is 2.79. The molecule has 1 aromatic heterocycles. The molecule has 0 saturated carbocycles. The second-order valence-corrected chi connectivity index (χ2v) is 5.74. The van der Waals surface area contributed by atoms with Gasteiger partial charge in [0.25, 0.3) is 0 Å². The zero-order valence-corrected chi connectivity index (χ0v) is 12.9. The molecule has 0 radical (unpaired) electrons. The number of benzene rings is 1. The highest BCUT2D eigenvalue weighted by Crippen LogP contribution is 2.31. The standard InChI is InChI=1S/C17H23NO3/c1-4-5-12-10-18(6-7-19)16-14(11(2)3)8-13(17(20)21)9-15(12)16/h8-11,19H,4-7H2,1-3H3,(H,20,21). The average molecular weight is 289 g/mol. The molecule has 1 heterocycles. The smallest absolute Gasteiger partial charge is 0.335 e. The van der Waals surface area contributed by atoms with Crippen LogP contribution in [0.5, 0.6) is 0 Å². The van der Waals surface area contributed by atoms with Gasteiger partial charge in [0.05, 0.1) is 17.7 Å². The Bertz CT molecular complexity index is 656. The van der Waals surface area contributed by atoms with Crippen molar-refractivity contribution in [3.8, 4) is 0 Å². The molecule has 2 rings (SSSR count). The molecule has 0 atom stereocenters. The van der Waals surface area contributed by atoms with Gasteiger partial charge < -0.3 is 14.8 Å². The van der Waals surface area contributed by atoms with Gasteiger partial charge in [-0.1, -0.05) is 27.2 Å². The molecule has 2 aromatic rings. The lowest BCUT2D eigenvalue weighted by atomic mass is 9.96. The molecule has 2 N–H and O–H groups in total. The molecule has 0 spiro atoms. The molecule has 0 amide bonds. The summed E-state index contributed by atoms with van der Waals surface area (Å²) in [5.41, 5.74) is 3.59. The Kier molecular flexibility index (Phi) is 4.68. The lowest BCUT2D eigenvalue weighted by Gasteiger charge is -2.13. The number of aromatic nitrogens is 1. The van der Waals surface area contributed by atoms with Gasteiger partial charge in [-0.25, -0.2) is 4.79 Å². The van der Waals surface area contributed by atoms with E-state index in [1.165, 1.54) is 0 Å². The third-order valence-electron chi connectivity index (χ3n) is 3.81. The van der Waals surface area contributed by atoms with E-state index in [9.17, 15) is 15.0 Å². The van der Waals surface area contributed by atoms with Crippen LogP contribution in [-0.4, -0.2) is 27.4 Å². The highest BCUT2D eigenvalue weighted by molar-refractivity contribution is 5.97. The summed E-state index contributed by atoms with van der Waals surface area (Å²) >= 11 is 0. The predicted octanol–water partition coefficient (Wildman–Crippen LogP) is 3.41. The maximum Gasteiger partial charge on any atom is 0.335 e. The highest BCUT2D eigenvalue weighted by Gasteiger charge is 2.17. The summed E-state index contributed by atoms with van der Waals surface area (Å²) in [4.78, 5) is 11.4. The van der Waals surface area contributed by atoms with Crippen molar-refractivity contribution in [2.45, 2.75) is 46.1 Å². The van der Waals surface area contributed by atoms with E-state index in [2.05, 4.69) is 31.5 Å². The van der Waals surface area contributed by atoms with Gasteiger partial charge in [0.2, 0.25) is 0 Å². The van der Waals surface area contributed by atoms with Gasteiger partial charge in [0.15, 0.2) is 0 Å². The molecule has 1 aromatic carbocycles. The number of aliphatic hydroxyl groups is 1. The Morgan fingerprint density at radius 3 is 2.57 bits per heavy atom. The lowest BCUT2D eigenvalue weighted by Crippen LogP contribution is -2.05. The third kappa shape index (κ3) is 2.95. The van der Waals surface area contributed by atoms with E-state index in [0.29, 0.717) is 12.1 Å². The number of hydrogen-bond acceptors (Lipinski definition) is 2. The van der Waals surface area contributed by atoms with Gasteiger partial charge >= 0.3 is 5.97 Å². The number of carboxylic acids is 1. The number of carboxylic acid groups (broad SMARTS) is 1. The first-order valence-electron chi connectivity index (χ1n) is 7.49. The minimum Gasteiger partial charge on any atom is -0.478 e. The maximum atomic E-state index is 11.4. The van der Waals surface area contributed by atoms with Crippen molar-refractivity contribution in [2.24, 2.45) is 0 Å². The van der Waals surface area contributed by atoms with Gasteiger partial charge in [0, 0.05) is 18.1 Å². The second kappa shape index (κ2) is 6.31. The molecule has 0 aliphatic rings. The monoisotopic (exact) mass is 289 g/mol. The van der Waals surface area contributed by atoms with E-state index >= 15 is 0 Å². The van der Waals surface area contributed by atoms with Crippen LogP contribution in [0.4, 0.5) is 0 Å². The van der Waals surface area contributed by atoms with Gasteiger partial charge in [-0.3, -0.25) is 0 Å². The molecular weight excluding hydrogens is 266 g/mol. The maximum absolute atomic E-state index is 11.4. The Morgan fingerprint density at radius 1 is 1.33 bits per heavy atom. The van der Waals surface area contributed by atoms with E-state index in [1.54, 1.807) is 12.1 Å². The largest absolute Gasteiger partial charge is 0.478 e. The fraction of sp³-hybridized carbons (Fsp3) is 0.471. The SMILES string of the molecule is CCCc1cn(CCO)c2c(C(C)C)cc(C(=O)O)cc12. The normalized spacial score (nSPS) is 11.5. The zero-order valence-electron chi connectivity index (χ0n) is 12.9. The quantitative estimate of drug-likeness (QED) is 0.856. The molecular formula is C17H23NO3. The van der Waals surface area contributed by atoms with Crippen LogP contribution in [0.3, 0.4) is 0 Å². The van der Waals surface area contributed by atoms with Crippen LogP contribution < -0.4 is 0 Å². The molecule has 4 nitrogen and oxygen atoms in total. The Morgan fingerprint density at radius 2 is 2.05 bits per heavy atom. The van der Waals surface area contributed by atoms with Crippen molar-refractivity contribution in [1.29, 1.82) is 0 Å². The number of carbonyl (C=O) groups is 1. The molecule has 0 fully saturated rings. The summed E-state index contributed by atoms with van der Waals surface area (Å²) < 4.78 is 2.06. The number of fused-ring (bicyclic) bond motifs is 1. The minimum atomic E-state index is -0.892. The summed E-state index contributed by atoms with van der Waals surface area (Å²) in [7, 11) is 0. The minimum absolute atomic E-state index is 0.0769. The van der Waals surface area contributed by atoms with E-state index in [4.69, 9.17) is 0 Å². The molecule has 4 heteroatoms. The van der Waals surface area contributed by atoms with Crippen LogP contribution in [-0.2, 0) is 13.0 Å². The van der Waals surface area contributed by atoms with E-state index in [-0.39, 0.29) is 12.5 Å². The molecule has 0 aliphatic carbocycles. The van der Waals surface area contributed by atoms with E-state index in [1.807, 2.05) is 0 Å². The van der Waals surface area contributed by atoms with Crippen LogP contribution in [0.2, 0.25) is 0 Å². The van der Waals surface area contributed by atoms with Crippen molar-refractivity contribution in [2.75, 3.05) is 6.61 Å². The first-order chi connectivity index (χ1) is 9.99. The summed E-state index contributed by atoms with van der Waals surface area (Å²) in [6.45, 7) is 6.85. The summed E-state index contributed by atoms with van der Waals surface area (Å²) in [6.07, 6.45) is 3.98. The van der Waals surface area contributed by atoms with E-state index < -0.39 is 5.97 Å². The lowest BCUT2D eigenvalue weighted by molar-refractivity contribution is 0.0697. The molecule has 0 aliphatic heterocycles.